The largest absolute Gasteiger partial charge is 0.465 e. The minimum absolute atomic E-state index is 0.417. The fourth-order valence-corrected chi connectivity index (χ4v) is 3.13. The van der Waals surface area contributed by atoms with Crippen LogP contribution in [-0.2, 0) is 23.9 Å². The van der Waals surface area contributed by atoms with E-state index in [4.69, 9.17) is 4.74 Å². The first-order valence-corrected chi connectivity index (χ1v) is 7.90. The number of esters is 1. The SMILES string of the molecule is COC(=O)c1cc2c(c(-c3ccc(C(F)(F)F)cc3)c1)CN(C)CC2. The Labute approximate surface area is 144 Å². The van der Waals surface area contributed by atoms with Gasteiger partial charge in [-0.2, -0.15) is 13.2 Å². The molecular weight excluding hydrogens is 331 g/mol. The van der Waals surface area contributed by atoms with Crippen molar-refractivity contribution < 1.29 is 22.7 Å². The molecule has 3 rings (SSSR count). The molecule has 0 aromatic heterocycles. The van der Waals surface area contributed by atoms with Crippen molar-refractivity contribution in [2.45, 2.75) is 19.1 Å². The molecule has 0 bridgehead atoms. The molecule has 2 aromatic rings. The highest BCUT2D eigenvalue weighted by molar-refractivity contribution is 5.92. The van der Waals surface area contributed by atoms with Gasteiger partial charge in [-0.1, -0.05) is 12.1 Å². The zero-order valence-electron chi connectivity index (χ0n) is 14.0. The average Bonchev–Trinajstić information content (AvgIpc) is 2.59. The normalized spacial score (nSPS) is 14.9. The molecule has 0 saturated carbocycles. The Kier molecular flexibility index (Phi) is 4.56. The van der Waals surface area contributed by atoms with Crippen LogP contribution in [0.25, 0.3) is 11.1 Å². The third kappa shape index (κ3) is 3.54. The molecule has 3 nitrogen and oxygen atoms in total. The lowest BCUT2D eigenvalue weighted by molar-refractivity contribution is -0.137. The highest BCUT2D eigenvalue weighted by Gasteiger charge is 2.30. The lowest BCUT2D eigenvalue weighted by Gasteiger charge is -2.28. The van der Waals surface area contributed by atoms with Gasteiger partial charge in [0.15, 0.2) is 0 Å². The number of ether oxygens (including phenoxy) is 1. The maximum Gasteiger partial charge on any atom is 0.416 e. The van der Waals surface area contributed by atoms with Crippen molar-refractivity contribution in [2.24, 2.45) is 0 Å². The van der Waals surface area contributed by atoms with Crippen LogP contribution in [-0.4, -0.2) is 31.6 Å². The van der Waals surface area contributed by atoms with E-state index >= 15 is 0 Å². The first-order valence-electron chi connectivity index (χ1n) is 7.90. The van der Waals surface area contributed by atoms with Gasteiger partial charge in [-0.25, -0.2) is 4.79 Å². The third-order valence-corrected chi connectivity index (χ3v) is 4.48. The standard InChI is InChI=1S/C19H18F3NO2/c1-23-8-7-13-9-14(18(24)25-2)10-16(17(13)11-23)12-3-5-15(6-4-12)19(20,21)22/h3-6,9-10H,7-8,11H2,1-2H3. The van der Waals surface area contributed by atoms with Gasteiger partial charge in [0.2, 0.25) is 0 Å². The lowest BCUT2D eigenvalue weighted by Crippen LogP contribution is -2.27. The summed E-state index contributed by atoms with van der Waals surface area (Å²) in [6.45, 7) is 1.55. The van der Waals surface area contributed by atoms with E-state index in [0.29, 0.717) is 17.7 Å². The number of hydrogen-bond acceptors (Lipinski definition) is 3. The molecule has 0 unspecified atom stereocenters. The van der Waals surface area contributed by atoms with E-state index < -0.39 is 17.7 Å². The second kappa shape index (κ2) is 6.52. The summed E-state index contributed by atoms with van der Waals surface area (Å²) in [5, 5.41) is 0. The zero-order chi connectivity index (χ0) is 18.2. The predicted octanol–water partition coefficient (Wildman–Crippen LogP) is 4.15. The molecule has 1 aliphatic rings. The van der Waals surface area contributed by atoms with E-state index in [9.17, 15) is 18.0 Å². The number of carbonyl (C=O) groups excluding carboxylic acids is 1. The van der Waals surface area contributed by atoms with Gasteiger partial charge < -0.3 is 9.64 Å². The topological polar surface area (TPSA) is 29.5 Å². The van der Waals surface area contributed by atoms with Crippen LogP contribution in [0.5, 0.6) is 0 Å². The van der Waals surface area contributed by atoms with Crippen LogP contribution >= 0.6 is 0 Å². The van der Waals surface area contributed by atoms with E-state index in [-0.39, 0.29) is 0 Å². The number of methoxy groups -OCH3 is 1. The van der Waals surface area contributed by atoms with E-state index in [1.165, 1.54) is 19.2 Å². The number of likely N-dealkylation sites (N-methyl/N-ethyl adjacent to an activating group) is 1. The maximum absolute atomic E-state index is 12.8. The molecule has 1 heterocycles. The molecule has 0 spiro atoms. The van der Waals surface area contributed by atoms with E-state index in [1.54, 1.807) is 6.07 Å². The second-order valence-electron chi connectivity index (χ2n) is 6.22. The molecule has 6 heteroatoms. The molecule has 0 aliphatic carbocycles. The molecule has 0 N–H and O–H groups in total. The third-order valence-electron chi connectivity index (χ3n) is 4.48. The van der Waals surface area contributed by atoms with Gasteiger partial charge in [0.1, 0.15) is 0 Å². The van der Waals surface area contributed by atoms with Crippen molar-refractivity contribution in [2.75, 3.05) is 20.7 Å². The van der Waals surface area contributed by atoms with Gasteiger partial charge in [-0.3, -0.25) is 0 Å². The molecule has 0 radical (unpaired) electrons. The van der Waals surface area contributed by atoms with Crippen LogP contribution < -0.4 is 0 Å². The molecule has 25 heavy (non-hydrogen) atoms. The summed E-state index contributed by atoms with van der Waals surface area (Å²) in [5.41, 5.74) is 3.24. The average molecular weight is 349 g/mol. The minimum Gasteiger partial charge on any atom is -0.465 e. The number of fused-ring (bicyclic) bond motifs is 1. The summed E-state index contributed by atoms with van der Waals surface area (Å²) in [6.07, 6.45) is -3.59. The minimum atomic E-state index is -4.37. The van der Waals surface area contributed by atoms with Crippen molar-refractivity contribution in [3.63, 3.8) is 0 Å². The number of halogens is 3. The Morgan fingerprint density at radius 2 is 1.84 bits per heavy atom. The fourth-order valence-electron chi connectivity index (χ4n) is 3.13. The Balaban J connectivity index is 2.11. The number of benzene rings is 2. The van der Waals surface area contributed by atoms with Gasteiger partial charge >= 0.3 is 12.1 Å². The van der Waals surface area contributed by atoms with E-state index in [1.807, 2.05) is 13.1 Å². The monoisotopic (exact) mass is 349 g/mol. The number of alkyl halides is 3. The van der Waals surface area contributed by atoms with Crippen molar-refractivity contribution in [3.8, 4) is 11.1 Å². The maximum atomic E-state index is 12.8. The summed E-state index contributed by atoms with van der Waals surface area (Å²) in [5.74, 6) is -0.449. The molecule has 0 fully saturated rings. The fraction of sp³-hybridized carbons (Fsp3) is 0.316. The summed E-state index contributed by atoms with van der Waals surface area (Å²) < 4.78 is 43.2. The molecular formula is C19H18F3NO2. The van der Waals surface area contributed by atoms with Gasteiger partial charge in [-0.15, -0.1) is 0 Å². The summed E-state index contributed by atoms with van der Waals surface area (Å²) in [7, 11) is 3.31. The highest BCUT2D eigenvalue weighted by atomic mass is 19.4. The van der Waals surface area contributed by atoms with Crippen molar-refractivity contribution in [1.82, 2.24) is 4.90 Å². The first-order chi connectivity index (χ1) is 11.8. The van der Waals surface area contributed by atoms with Gasteiger partial charge in [0, 0.05) is 13.1 Å². The van der Waals surface area contributed by atoms with Crippen molar-refractivity contribution >= 4 is 5.97 Å². The smallest absolute Gasteiger partial charge is 0.416 e. The van der Waals surface area contributed by atoms with Crippen LogP contribution in [0.3, 0.4) is 0 Å². The van der Waals surface area contributed by atoms with Crippen LogP contribution in [0.15, 0.2) is 36.4 Å². The Morgan fingerprint density at radius 1 is 1.16 bits per heavy atom. The van der Waals surface area contributed by atoms with Gasteiger partial charge in [0.25, 0.3) is 0 Å². The number of nitrogens with zero attached hydrogens (tertiary/aromatic N) is 1. The Bertz CT molecular complexity index is 798. The van der Waals surface area contributed by atoms with Crippen molar-refractivity contribution in [1.29, 1.82) is 0 Å². The van der Waals surface area contributed by atoms with Crippen LogP contribution in [0.4, 0.5) is 13.2 Å². The van der Waals surface area contributed by atoms with Crippen LogP contribution in [0.1, 0.15) is 27.0 Å². The molecule has 0 atom stereocenters. The quantitative estimate of drug-likeness (QED) is 0.763. The van der Waals surface area contributed by atoms with Crippen LogP contribution in [0, 0.1) is 0 Å². The van der Waals surface area contributed by atoms with Crippen molar-refractivity contribution in [3.05, 3.63) is 58.7 Å². The Morgan fingerprint density at radius 3 is 2.44 bits per heavy atom. The highest BCUT2D eigenvalue weighted by Crippen LogP contribution is 2.35. The number of rotatable bonds is 2. The zero-order valence-corrected chi connectivity index (χ0v) is 14.0. The number of carbonyl (C=O) groups is 1. The predicted molar refractivity (Wildman–Crippen MR) is 88.3 cm³/mol. The van der Waals surface area contributed by atoms with E-state index in [2.05, 4.69) is 4.90 Å². The Hall–Kier alpha value is -2.34. The first kappa shape index (κ1) is 17.5. The second-order valence-corrected chi connectivity index (χ2v) is 6.22. The van der Waals surface area contributed by atoms with Gasteiger partial charge in [0.05, 0.1) is 18.2 Å². The molecule has 1 aliphatic heterocycles. The molecule has 2 aromatic carbocycles. The number of hydrogen-bond donors (Lipinski definition) is 0. The van der Waals surface area contributed by atoms with E-state index in [0.717, 1.165) is 41.8 Å². The molecule has 0 amide bonds. The summed E-state index contributed by atoms with van der Waals surface area (Å²) >= 11 is 0. The van der Waals surface area contributed by atoms with Crippen LogP contribution in [0.2, 0.25) is 0 Å². The summed E-state index contributed by atoms with van der Waals surface area (Å²) in [6, 6.07) is 8.56. The van der Waals surface area contributed by atoms with Gasteiger partial charge in [-0.05, 0) is 60.0 Å². The molecule has 0 saturated heterocycles. The molecule has 132 valence electrons. The lowest BCUT2D eigenvalue weighted by atomic mass is 9.89. The summed E-state index contributed by atoms with van der Waals surface area (Å²) in [4.78, 5) is 14.1.